The van der Waals surface area contributed by atoms with E-state index in [9.17, 15) is 0 Å². The average molecular weight is 251 g/mol. The Balaban J connectivity index is 1.81. The van der Waals surface area contributed by atoms with Crippen LogP contribution in [0, 0.1) is 5.92 Å². The second-order valence-corrected chi connectivity index (χ2v) is 4.68. The van der Waals surface area contributed by atoms with Crippen LogP contribution in [0.3, 0.4) is 0 Å². The van der Waals surface area contributed by atoms with Crippen LogP contribution in [0.2, 0.25) is 0 Å². The van der Waals surface area contributed by atoms with Gasteiger partial charge >= 0.3 is 0 Å². The van der Waals surface area contributed by atoms with Gasteiger partial charge in [0.05, 0.1) is 5.69 Å². The number of anilines is 1. The Morgan fingerprint density at radius 3 is 3.24 bits per heavy atom. The Labute approximate surface area is 107 Å². The monoisotopic (exact) mass is 251 g/mol. The van der Waals surface area contributed by atoms with Crippen molar-refractivity contribution in [1.29, 1.82) is 0 Å². The van der Waals surface area contributed by atoms with Crippen molar-refractivity contribution in [2.45, 2.75) is 12.8 Å². The first-order valence-electron chi connectivity index (χ1n) is 5.83. The van der Waals surface area contributed by atoms with E-state index < -0.39 is 0 Å². The minimum Gasteiger partial charge on any atom is -0.388 e. The Bertz CT molecular complexity index is 391. The standard InChI is InChI=1S/C12H17N3OS/c13-12(17)11-7-10(2-5-15-11)14-4-1-9-3-6-16-8-9/h2,5,7,9H,1,3-4,6,8H2,(H2,13,17)(H,14,15). The Morgan fingerprint density at radius 1 is 1.65 bits per heavy atom. The van der Waals surface area contributed by atoms with E-state index in [1.165, 1.54) is 6.42 Å². The Morgan fingerprint density at radius 2 is 2.53 bits per heavy atom. The second-order valence-electron chi connectivity index (χ2n) is 4.24. The van der Waals surface area contributed by atoms with Gasteiger partial charge in [-0.05, 0) is 30.9 Å². The van der Waals surface area contributed by atoms with E-state index in [4.69, 9.17) is 22.7 Å². The highest BCUT2D eigenvalue weighted by Gasteiger charge is 2.14. The summed E-state index contributed by atoms with van der Waals surface area (Å²) >= 11 is 4.89. The first-order valence-corrected chi connectivity index (χ1v) is 6.24. The molecular formula is C12H17N3OS. The van der Waals surface area contributed by atoms with Gasteiger partial charge in [0.2, 0.25) is 0 Å². The molecule has 1 aliphatic heterocycles. The molecular weight excluding hydrogens is 234 g/mol. The molecule has 1 atom stereocenters. The zero-order valence-corrected chi connectivity index (χ0v) is 10.5. The maximum absolute atomic E-state index is 5.54. The third-order valence-electron chi connectivity index (χ3n) is 2.92. The zero-order valence-electron chi connectivity index (χ0n) is 9.69. The highest BCUT2D eigenvalue weighted by atomic mass is 32.1. The minimum atomic E-state index is 0.331. The van der Waals surface area contributed by atoms with Crippen molar-refractivity contribution in [3.63, 3.8) is 0 Å². The molecule has 0 saturated carbocycles. The van der Waals surface area contributed by atoms with Crippen LogP contribution in [-0.2, 0) is 4.74 Å². The fourth-order valence-electron chi connectivity index (χ4n) is 1.91. The van der Waals surface area contributed by atoms with Crippen LogP contribution in [0.5, 0.6) is 0 Å². The van der Waals surface area contributed by atoms with Gasteiger partial charge < -0.3 is 15.8 Å². The van der Waals surface area contributed by atoms with Crippen molar-refractivity contribution >= 4 is 22.9 Å². The first kappa shape index (κ1) is 12.3. The maximum Gasteiger partial charge on any atom is 0.122 e. The molecule has 1 unspecified atom stereocenters. The highest BCUT2D eigenvalue weighted by Crippen LogP contribution is 2.16. The van der Waals surface area contributed by atoms with Gasteiger partial charge in [0.1, 0.15) is 4.99 Å². The van der Waals surface area contributed by atoms with Gasteiger partial charge in [0.25, 0.3) is 0 Å². The Kier molecular flexibility index (Phi) is 4.28. The van der Waals surface area contributed by atoms with E-state index in [1.54, 1.807) is 6.20 Å². The third kappa shape index (κ3) is 3.64. The number of nitrogens with zero attached hydrogens (tertiary/aromatic N) is 1. The number of nitrogens with two attached hydrogens (primary N) is 1. The molecule has 3 N–H and O–H groups in total. The van der Waals surface area contributed by atoms with E-state index in [0.717, 1.165) is 31.9 Å². The summed E-state index contributed by atoms with van der Waals surface area (Å²) in [5.41, 5.74) is 7.21. The normalized spacial score (nSPS) is 19.2. The van der Waals surface area contributed by atoms with Crippen LogP contribution in [-0.4, -0.2) is 29.7 Å². The quantitative estimate of drug-likeness (QED) is 0.778. The molecule has 2 rings (SSSR count). The Hall–Kier alpha value is -1.20. The largest absolute Gasteiger partial charge is 0.388 e. The lowest BCUT2D eigenvalue weighted by Crippen LogP contribution is -2.13. The summed E-state index contributed by atoms with van der Waals surface area (Å²) in [5.74, 6) is 0.694. The number of thiocarbonyl (C=S) groups is 1. The van der Waals surface area contributed by atoms with E-state index in [-0.39, 0.29) is 0 Å². The van der Waals surface area contributed by atoms with E-state index in [2.05, 4.69) is 10.3 Å². The molecule has 0 amide bonds. The lowest BCUT2D eigenvalue weighted by atomic mass is 10.1. The molecule has 0 aliphatic carbocycles. The summed E-state index contributed by atoms with van der Waals surface area (Å²) in [7, 11) is 0. The van der Waals surface area contributed by atoms with Crippen LogP contribution in [0.25, 0.3) is 0 Å². The molecule has 17 heavy (non-hydrogen) atoms. The van der Waals surface area contributed by atoms with Crippen LogP contribution in [0.15, 0.2) is 18.3 Å². The second kappa shape index (κ2) is 5.93. The molecule has 5 heteroatoms. The van der Waals surface area contributed by atoms with Gasteiger partial charge in [-0.2, -0.15) is 0 Å². The number of hydrogen-bond donors (Lipinski definition) is 2. The SMILES string of the molecule is NC(=S)c1cc(NCCC2CCOC2)ccn1. The average Bonchev–Trinajstić information content (AvgIpc) is 2.82. The van der Waals surface area contributed by atoms with Crippen LogP contribution in [0.4, 0.5) is 5.69 Å². The summed E-state index contributed by atoms with van der Waals surface area (Å²) in [5, 5.41) is 3.36. The van der Waals surface area contributed by atoms with Gasteiger partial charge in [0.15, 0.2) is 0 Å². The molecule has 0 aromatic carbocycles. The van der Waals surface area contributed by atoms with Gasteiger partial charge in [0, 0.05) is 31.6 Å². The van der Waals surface area contributed by atoms with E-state index in [1.807, 2.05) is 12.1 Å². The number of ether oxygens (including phenoxy) is 1. The van der Waals surface area contributed by atoms with Crippen LogP contribution < -0.4 is 11.1 Å². The molecule has 0 spiro atoms. The molecule has 0 radical (unpaired) electrons. The smallest absolute Gasteiger partial charge is 0.122 e. The maximum atomic E-state index is 5.54. The van der Waals surface area contributed by atoms with E-state index in [0.29, 0.717) is 16.6 Å². The predicted octanol–water partition coefficient (Wildman–Crippen LogP) is 1.55. The summed E-state index contributed by atoms with van der Waals surface area (Å²) < 4.78 is 5.34. The molecule has 1 saturated heterocycles. The predicted molar refractivity (Wildman–Crippen MR) is 72.2 cm³/mol. The van der Waals surface area contributed by atoms with Crippen LogP contribution >= 0.6 is 12.2 Å². The molecule has 1 aromatic rings. The van der Waals surface area contributed by atoms with Gasteiger partial charge in [-0.3, -0.25) is 4.98 Å². The molecule has 2 heterocycles. The number of hydrogen-bond acceptors (Lipinski definition) is 4. The van der Waals surface area contributed by atoms with Gasteiger partial charge in [-0.25, -0.2) is 0 Å². The van der Waals surface area contributed by atoms with Gasteiger partial charge in [-0.1, -0.05) is 12.2 Å². The molecule has 0 bridgehead atoms. The van der Waals surface area contributed by atoms with Crippen molar-refractivity contribution < 1.29 is 4.74 Å². The first-order chi connectivity index (χ1) is 8.25. The van der Waals surface area contributed by atoms with Crippen LogP contribution in [0.1, 0.15) is 18.5 Å². The molecule has 1 aliphatic rings. The topological polar surface area (TPSA) is 60.2 Å². The minimum absolute atomic E-state index is 0.331. The number of rotatable bonds is 5. The third-order valence-corrected chi connectivity index (χ3v) is 3.13. The molecule has 92 valence electrons. The van der Waals surface area contributed by atoms with Gasteiger partial charge in [-0.15, -0.1) is 0 Å². The van der Waals surface area contributed by atoms with Crippen molar-refractivity contribution in [3.05, 3.63) is 24.0 Å². The lowest BCUT2D eigenvalue weighted by molar-refractivity contribution is 0.185. The van der Waals surface area contributed by atoms with Crippen molar-refractivity contribution in [1.82, 2.24) is 4.98 Å². The molecule has 4 nitrogen and oxygen atoms in total. The molecule has 1 fully saturated rings. The number of aromatic nitrogens is 1. The van der Waals surface area contributed by atoms with E-state index >= 15 is 0 Å². The van der Waals surface area contributed by atoms with Crippen molar-refractivity contribution in [3.8, 4) is 0 Å². The number of nitrogens with one attached hydrogen (secondary N) is 1. The summed E-state index contributed by atoms with van der Waals surface area (Å²) in [6.07, 6.45) is 4.02. The van der Waals surface area contributed by atoms with Crippen molar-refractivity contribution in [2.75, 3.05) is 25.1 Å². The fourth-order valence-corrected chi connectivity index (χ4v) is 2.02. The van der Waals surface area contributed by atoms with Crippen molar-refractivity contribution in [2.24, 2.45) is 11.7 Å². The summed E-state index contributed by atoms with van der Waals surface area (Å²) in [6, 6.07) is 3.81. The highest BCUT2D eigenvalue weighted by molar-refractivity contribution is 7.80. The molecule has 1 aromatic heterocycles. The lowest BCUT2D eigenvalue weighted by Gasteiger charge is -2.10. The summed E-state index contributed by atoms with van der Waals surface area (Å²) in [4.78, 5) is 4.43. The zero-order chi connectivity index (χ0) is 12.1. The summed E-state index contributed by atoms with van der Waals surface area (Å²) in [6.45, 7) is 2.75. The fraction of sp³-hybridized carbons (Fsp3) is 0.500. The number of pyridine rings is 1.